The van der Waals surface area contributed by atoms with Crippen LogP contribution in [-0.4, -0.2) is 81.3 Å². The lowest BCUT2D eigenvalue weighted by atomic mass is 10.0. The summed E-state index contributed by atoms with van der Waals surface area (Å²) in [5, 5.41) is 7.02. The topological polar surface area (TPSA) is 65.3 Å². The van der Waals surface area contributed by atoms with Gasteiger partial charge < -0.3 is 19.8 Å². The number of nitrogens with zero attached hydrogens (tertiary/aromatic N) is 3. The fourth-order valence-electron chi connectivity index (χ4n) is 4.48. The molecule has 2 saturated heterocycles. The van der Waals surface area contributed by atoms with E-state index in [-0.39, 0.29) is 6.04 Å². The maximum absolute atomic E-state index is 5.96. The molecule has 0 spiro atoms. The summed E-state index contributed by atoms with van der Waals surface area (Å²) < 4.78 is 11.5. The predicted octanol–water partition coefficient (Wildman–Crippen LogP) is 2.39. The zero-order valence-corrected chi connectivity index (χ0v) is 18.5. The molecule has 3 heterocycles. The molecule has 29 heavy (non-hydrogen) atoms. The number of likely N-dealkylation sites (tertiary alicyclic amines) is 1. The third-order valence-corrected chi connectivity index (χ3v) is 6.17. The molecule has 2 aliphatic rings. The Bertz CT molecular complexity index is 626. The number of ether oxygens (including phenoxy) is 1. The number of aliphatic imine (C=N–C) groups is 1. The SMILES string of the molecule is CCC1CCCCN1CCNC(=NC)NCC(c1ccc(C)o1)N1CCOCC1. The molecule has 164 valence electrons. The monoisotopic (exact) mass is 405 g/mol. The highest BCUT2D eigenvalue weighted by atomic mass is 16.5. The van der Waals surface area contributed by atoms with E-state index in [0.717, 1.165) is 69.5 Å². The van der Waals surface area contributed by atoms with E-state index in [1.54, 1.807) is 0 Å². The lowest BCUT2D eigenvalue weighted by molar-refractivity contribution is 0.0124. The second-order valence-corrected chi connectivity index (χ2v) is 8.09. The van der Waals surface area contributed by atoms with Gasteiger partial charge in [-0.1, -0.05) is 13.3 Å². The van der Waals surface area contributed by atoms with Gasteiger partial charge in [0.1, 0.15) is 11.5 Å². The van der Waals surface area contributed by atoms with Gasteiger partial charge in [-0.2, -0.15) is 0 Å². The molecule has 7 nitrogen and oxygen atoms in total. The highest BCUT2D eigenvalue weighted by molar-refractivity contribution is 5.79. The lowest BCUT2D eigenvalue weighted by Crippen LogP contribution is -2.48. The molecule has 3 rings (SSSR count). The molecule has 2 fully saturated rings. The van der Waals surface area contributed by atoms with E-state index in [1.807, 2.05) is 20.0 Å². The van der Waals surface area contributed by atoms with E-state index in [9.17, 15) is 0 Å². The number of hydrogen-bond donors (Lipinski definition) is 2. The van der Waals surface area contributed by atoms with Crippen molar-refractivity contribution in [2.75, 3.05) is 59.5 Å². The number of piperidine rings is 1. The summed E-state index contributed by atoms with van der Waals surface area (Å²) in [7, 11) is 1.84. The molecule has 0 radical (unpaired) electrons. The Morgan fingerprint density at radius 3 is 2.72 bits per heavy atom. The lowest BCUT2D eigenvalue weighted by Gasteiger charge is -2.35. The quantitative estimate of drug-likeness (QED) is 0.511. The van der Waals surface area contributed by atoms with Gasteiger partial charge in [-0.25, -0.2) is 0 Å². The standard InChI is InChI=1S/C22H39N5O2/c1-4-19-7-5-6-11-26(19)12-10-24-22(23-3)25-17-20(21-9-8-18(2)29-21)27-13-15-28-16-14-27/h8-9,19-20H,4-7,10-17H2,1-3H3,(H2,23,24,25). The molecule has 2 atom stereocenters. The summed E-state index contributed by atoms with van der Waals surface area (Å²) in [4.78, 5) is 9.49. The highest BCUT2D eigenvalue weighted by Gasteiger charge is 2.25. The summed E-state index contributed by atoms with van der Waals surface area (Å²) in [6.45, 7) is 11.7. The molecule has 2 unspecified atom stereocenters. The second kappa shape index (κ2) is 11.6. The number of hydrogen-bond acceptors (Lipinski definition) is 5. The van der Waals surface area contributed by atoms with Gasteiger partial charge in [-0.15, -0.1) is 0 Å². The van der Waals surface area contributed by atoms with Crippen LogP contribution in [0.1, 0.15) is 50.2 Å². The Labute approximate surface area is 175 Å². The van der Waals surface area contributed by atoms with Gasteiger partial charge in [0.25, 0.3) is 0 Å². The van der Waals surface area contributed by atoms with E-state index >= 15 is 0 Å². The van der Waals surface area contributed by atoms with E-state index in [2.05, 4.69) is 38.4 Å². The van der Waals surface area contributed by atoms with Crippen molar-refractivity contribution in [1.29, 1.82) is 0 Å². The predicted molar refractivity (Wildman–Crippen MR) is 117 cm³/mol. The first-order chi connectivity index (χ1) is 14.2. The van der Waals surface area contributed by atoms with E-state index in [0.29, 0.717) is 0 Å². The van der Waals surface area contributed by atoms with E-state index in [1.165, 1.54) is 32.2 Å². The molecule has 1 aromatic rings. The van der Waals surface area contributed by atoms with E-state index in [4.69, 9.17) is 9.15 Å². The maximum atomic E-state index is 5.96. The molecular weight excluding hydrogens is 366 g/mol. The van der Waals surface area contributed by atoms with Crippen molar-refractivity contribution in [1.82, 2.24) is 20.4 Å². The number of furan rings is 1. The number of morpholine rings is 1. The molecule has 0 aliphatic carbocycles. The van der Waals surface area contributed by atoms with Crippen molar-refractivity contribution in [3.8, 4) is 0 Å². The smallest absolute Gasteiger partial charge is 0.191 e. The van der Waals surface area contributed by atoms with Crippen molar-refractivity contribution in [3.05, 3.63) is 23.7 Å². The molecule has 2 N–H and O–H groups in total. The van der Waals surface area contributed by atoms with Crippen LogP contribution in [0.5, 0.6) is 0 Å². The second-order valence-electron chi connectivity index (χ2n) is 8.09. The average molecular weight is 406 g/mol. The molecule has 0 amide bonds. The number of rotatable bonds is 8. The summed E-state index contributed by atoms with van der Waals surface area (Å²) >= 11 is 0. The molecule has 0 bridgehead atoms. The van der Waals surface area contributed by atoms with Gasteiger partial charge in [0.05, 0.1) is 19.3 Å². The summed E-state index contributed by atoms with van der Waals surface area (Å²) in [5.41, 5.74) is 0. The summed E-state index contributed by atoms with van der Waals surface area (Å²) in [6.07, 6.45) is 5.29. The first kappa shape index (κ1) is 22.1. The molecule has 0 aromatic carbocycles. The largest absolute Gasteiger partial charge is 0.465 e. The van der Waals surface area contributed by atoms with Crippen LogP contribution in [-0.2, 0) is 4.74 Å². The fraction of sp³-hybridized carbons (Fsp3) is 0.773. The Balaban J connectivity index is 1.50. The van der Waals surface area contributed by atoms with Gasteiger partial charge in [0, 0.05) is 45.8 Å². The first-order valence-electron chi connectivity index (χ1n) is 11.3. The Morgan fingerprint density at radius 2 is 2.03 bits per heavy atom. The minimum atomic E-state index is 0.178. The molecular formula is C22H39N5O2. The van der Waals surface area contributed by atoms with Crippen LogP contribution in [0.3, 0.4) is 0 Å². The minimum Gasteiger partial charge on any atom is -0.465 e. The normalized spacial score (nSPS) is 23.1. The third-order valence-electron chi connectivity index (χ3n) is 6.17. The third kappa shape index (κ3) is 6.46. The molecule has 7 heteroatoms. The van der Waals surface area contributed by atoms with Crippen molar-refractivity contribution in [2.24, 2.45) is 4.99 Å². The first-order valence-corrected chi connectivity index (χ1v) is 11.3. The zero-order valence-electron chi connectivity index (χ0n) is 18.5. The van der Waals surface area contributed by atoms with Crippen LogP contribution in [0.25, 0.3) is 0 Å². The Morgan fingerprint density at radius 1 is 1.21 bits per heavy atom. The van der Waals surface area contributed by atoms with Crippen LogP contribution in [0.15, 0.2) is 21.5 Å². The van der Waals surface area contributed by atoms with Crippen LogP contribution >= 0.6 is 0 Å². The van der Waals surface area contributed by atoms with Gasteiger partial charge in [0.15, 0.2) is 5.96 Å². The molecule has 1 aromatic heterocycles. The minimum absolute atomic E-state index is 0.178. The van der Waals surface area contributed by atoms with Gasteiger partial charge in [-0.05, 0) is 44.9 Å². The Hall–Kier alpha value is -1.57. The fourth-order valence-corrected chi connectivity index (χ4v) is 4.48. The highest BCUT2D eigenvalue weighted by Crippen LogP contribution is 2.23. The van der Waals surface area contributed by atoms with Crippen LogP contribution in [0.2, 0.25) is 0 Å². The average Bonchev–Trinajstić information content (AvgIpc) is 3.19. The van der Waals surface area contributed by atoms with Crippen molar-refractivity contribution in [3.63, 3.8) is 0 Å². The maximum Gasteiger partial charge on any atom is 0.191 e. The summed E-state index contributed by atoms with van der Waals surface area (Å²) in [5.74, 6) is 2.82. The molecule has 2 aliphatic heterocycles. The number of aryl methyl sites for hydroxylation is 1. The van der Waals surface area contributed by atoms with Crippen LogP contribution in [0.4, 0.5) is 0 Å². The molecule has 0 saturated carbocycles. The zero-order chi connectivity index (χ0) is 20.5. The van der Waals surface area contributed by atoms with Gasteiger partial charge >= 0.3 is 0 Å². The van der Waals surface area contributed by atoms with Crippen molar-refractivity contribution < 1.29 is 9.15 Å². The van der Waals surface area contributed by atoms with Crippen LogP contribution in [0, 0.1) is 6.92 Å². The number of nitrogens with one attached hydrogen (secondary N) is 2. The number of guanidine groups is 1. The van der Waals surface area contributed by atoms with Crippen molar-refractivity contribution >= 4 is 5.96 Å². The Kier molecular flexibility index (Phi) is 8.83. The van der Waals surface area contributed by atoms with Crippen LogP contribution < -0.4 is 10.6 Å². The summed E-state index contributed by atoms with van der Waals surface area (Å²) in [6, 6.07) is 5.05. The van der Waals surface area contributed by atoms with E-state index < -0.39 is 0 Å². The van der Waals surface area contributed by atoms with Crippen molar-refractivity contribution in [2.45, 2.75) is 51.6 Å². The van der Waals surface area contributed by atoms with Gasteiger partial charge in [0.2, 0.25) is 0 Å². The van der Waals surface area contributed by atoms with Gasteiger partial charge in [-0.3, -0.25) is 14.8 Å².